The first-order valence-corrected chi connectivity index (χ1v) is 7.68. The zero-order valence-electron chi connectivity index (χ0n) is 12.3. The highest BCUT2D eigenvalue weighted by Crippen LogP contribution is 2.31. The van der Waals surface area contributed by atoms with Crippen molar-refractivity contribution in [1.82, 2.24) is 4.90 Å². The average Bonchev–Trinajstić information content (AvgIpc) is 3.00. The normalized spacial score (nSPS) is 17.0. The Morgan fingerprint density at radius 3 is 3.00 bits per heavy atom. The molecular formula is C14H16ClFN2O4S. The second kappa shape index (κ2) is 7.76. The lowest BCUT2D eigenvalue weighted by atomic mass is 10.2. The van der Waals surface area contributed by atoms with E-state index in [9.17, 15) is 14.3 Å². The van der Waals surface area contributed by atoms with Crippen LogP contribution < -0.4 is 10.1 Å². The molecule has 9 heteroatoms. The summed E-state index contributed by atoms with van der Waals surface area (Å²) in [6.07, 6.45) is 0.747. The lowest BCUT2D eigenvalue weighted by Crippen LogP contribution is -2.40. The minimum absolute atomic E-state index is 0.0156. The van der Waals surface area contributed by atoms with E-state index in [-0.39, 0.29) is 34.2 Å². The van der Waals surface area contributed by atoms with Crippen LogP contribution in [0.4, 0.5) is 14.9 Å². The van der Waals surface area contributed by atoms with E-state index in [4.69, 9.17) is 28.6 Å². The third-order valence-corrected chi connectivity index (χ3v) is 4.10. The molecule has 0 aliphatic carbocycles. The molecule has 1 aliphatic rings. The number of carbonyl (C=O) groups is 1. The Labute approximate surface area is 143 Å². The van der Waals surface area contributed by atoms with Gasteiger partial charge in [0.25, 0.3) is 0 Å². The van der Waals surface area contributed by atoms with Crippen LogP contribution >= 0.6 is 23.8 Å². The number of aliphatic hydroxyl groups is 1. The molecule has 1 aliphatic heterocycles. The fourth-order valence-electron chi connectivity index (χ4n) is 2.31. The summed E-state index contributed by atoms with van der Waals surface area (Å²) in [5.41, 5.74) is 0.0156. The number of aliphatic hydroxyl groups excluding tert-OH is 1. The summed E-state index contributed by atoms with van der Waals surface area (Å²) in [5, 5.41) is 12.3. The number of rotatable bonds is 3. The highest BCUT2D eigenvalue weighted by atomic mass is 35.5. The Bertz CT molecular complexity index is 617. The molecule has 2 N–H and O–H groups in total. The number of carbonyl (C=O) groups excluding carboxylic acids is 1. The molecule has 0 amide bonds. The van der Waals surface area contributed by atoms with Gasteiger partial charge in [0.1, 0.15) is 5.82 Å². The van der Waals surface area contributed by atoms with E-state index in [0.29, 0.717) is 6.54 Å². The van der Waals surface area contributed by atoms with Gasteiger partial charge in [-0.2, -0.15) is 0 Å². The van der Waals surface area contributed by atoms with Crippen molar-refractivity contribution in [2.75, 3.05) is 25.6 Å². The van der Waals surface area contributed by atoms with Gasteiger partial charge in [-0.3, -0.25) is 0 Å². The summed E-state index contributed by atoms with van der Waals surface area (Å²) in [6.45, 7) is 0.652. The van der Waals surface area contributed by atoms with Crippen LogP contribution in [-0.2, 0) is 4.74 Å². The van der Waals surface area contributed by atoms with Crippen molar-refractivity contribution in [2.45, 2.75) is 18.9 Å². The van der Waals surface area contributed by atoms with Crippen molar-refractivity contribution in [3.8, 4) is 5.75 Å². The van der Waals surface area contributed by atoms with Crippen LogP contribution in [0.3, 0.4) is 0 Å². The molecule has 0 aromatic heterocycles. The molecule has 0 bridgehead atoms. The Morgan fingerprint density at radius 1 is 1.61 bits per heavy atom. The molecule has 0 spiro atoms. The smallest absolute Gasteiger partial charge is 0.437 e. The predicted octanol–water partition coefficient (Wildman–Crippen LogP) is 2.78. The number of hydrogen-bond donors (Lipinski definition) is 2. The zero-order valence-corrected chi connectivity index (χ0v) is 13.9. The van der Waals surface area contributed by atoms with Crippen molar-refractivity contribution >= 4 is 40.8 Å². The summed E-state index contributed by atoms with van der Waals surface area (Å²) in [7, 11) is 1.15. The topological polar surface area (TPSA) is 71.0 Å². The number of thiocarbonyl (C=S) groups is 1. The van der Waals surface area contributed by atoms with Gasteiger partial charge in [-0.05, 0) is 31.1 Å². The summed E-state index contributed by atoms with van der Waals surface area (Å²) in [5.74, 6) is -0.695. The van der Waals surface area contributed by atoms with Crippen molar-refractivity contribution in [2.24, 2.45) is 0 Å². The van der Waals surface area contributed by atoms with Gasteiger partial charge in [0.15, 0.2) is 10.9 Å². The molecule has 1 atom stereocenters. The molecule has 6 nitrogen and oxygen atoms in total. The second-order valence-corrected chi connectivity index (χ2v) is 5.71. The number of halogens is 2. The Morgan fingerprint density at radius 2 is 2.35 bits per heavy atom. The van der Waals surface area contributed by atoms with Gasteiger partial charge in [0.2, 0.25) is 0 Å². The quantitative estimate of drug-likeness (QED) is 0.486. The Balaban J connectivity index is 2.17. The minimum Gasteiger partial charge on any atom is -0.437 e. The molecule has 1 saturated heterocycles. The van der Waals surface area contributed by atoms with Crippen LogP contribution in [0.2, 0.25) is 5.02 Å². The van der Waals surface area contributed by atoms with Crippen LogP contribution in [0, 0.1) is 5.82 Å². The number of nitrogens with zero attached hydrogens (tertiary/aromatic N) is 1. The molecule has 0 unspecified atom stereocenters. The maximum atomic E-state index is 14.0. The number of methoxy groups -OCH3 is 1. The lowest BCUT2D eigenvalue weighted by molar-refractivity contribution is 0.121. The number of ether oxygens (including phenoxy) is 2. The van der Waals surface area contributed by atoms with Gasteiger partial charge in [-0.25, -0.2) is 9.18 Å². The molecule has 1 heterocycles. The summed E-state index contributed by atoms with van der Waals surface area (Å²) in [4.78, 5) is 13.0. The maximum Gasteiger partial charge on any atom is 0.513 e. The zero-order chi connectivity index (χ0) is 17.0. The third kappa shape index (κ3) is 4.21. The monoisotopic (exact) mass is 362 g/mol. The minimum atomic E-state index is -0.966. The molecule has 23 heavy (non-hydrogen) atoms. The fourth-order valence-corrected chi connectivity index (χ4v) is 2.85. The SMILES string of the molecule is COC(=O)Oc1cc(NC(=S)N2CCC[C@H]2CO)c(F)cc1Cl. The Hall–Kier alpha value is -1.64. The molecule has 2 rings (SSSR count). The number of anilines is 1. The molecule has 0 radical (unpaired) electrons. The number of benzene rings is 1. The average molecular weight is 363 g/mol. The van der Waals surface area contributed by atoms with E-state index in [2.05, 4.69) is 10.1 Å². The van der Waals surface area contributed by atoms with Gasteiger partial charge in [0.05, 0.1) is 30.5 Å². The number of likely N-dealkylation sites (tertiary alicyclic amines) is 1. The van der Waals surface area contributed by atoms with Crippen LogP contribution in [0.25, 0.3) is 0 Å². The van der Waals surface area contributed by atoms with Gasteiger partial charge in [-0.15, -0.1) is 0 Å². The number of nitrogens with one attached hydrogen (secondary N) is 1. The van der Waals surface area contributed by atoms with Crippen LogP contribution in [-0.4, -0.2) is 47.6 Å². The second-order valence-electron chi connectivity index (χ2n) is 4.92. The first kappa shape index (κ1) is 17.7. The fraction of sp³-hybridized carbons (Fsp3) is 0.429. The summed E-state index contributed by atoms with van der Waals surface area (Å²) in [6, 6.07) is 2.15. The van der Waals surface area contributed by atoms with E-state index in [1.165, 1.54) is 6.07 Å². The third-order valence-electron chi connectivity index (χ3n) is 3.47. The van der Waals surface area contributed by atoms with Gasteiger partial charge in [0, 0.05) is 12.6 Å². The molecule has 126 valence electrons. The van der Waals surface area contributed by atoms with Gasteiger partial charge in [-0.1, -0.05) is 11.6 Å². The Kier molecular flexibility index (Phi) is 5.97. The lowest BCUT2D eigenvalue weighted by Gasteiger charge is -2.26. The van der Waals surface area contributed by atoms with Crippen molar-refractivity contribution < 1.29 is 23.8 Å². The van der Waals surface area contributed by atoms with Crippen molar-refractivity contribution in [3.63, 3.8) is 0 Å². The van der Waals surface area contributed by atoms with Crippen molar-refractivity contribution in [1.29, 1.82) is 0 Å². The van der Waals surface area contributed by atoms with E-state index in [0.717, 1.165) is 26.0 Å². The van der Waals surface area contributed by atoms with E-state index < -0.39 is 12.0 Å². The highest BCUT2D eigenvalue weighted by Gasteiger charge is 2.26. The molecule has 1 aromatic carbocycles. The summed E-state index contributed by atoms with van der Waals surface area (Å²) < 4.78 is 23.2. The number of hydrogen-bond acceptors (Lipinski definition) is 5. The van der Waals surface area contributed by atoms with Crippen LogP contribution in [0.5, 0.6) is 5.75 Å². The van der Waals surface area contributed by atoms with Crippen LogP contribution in [0.1, 0.15) is 12.8 Å². The first-order chi connectivity index (χ1) is 11.0. The van der Waals surface area contributed by atoms with E-state index in [1.54, 1.807) is 4.90 Å². The molecule has 1 fully saturated rings. The van der Waals surface area contributed by atoms with Crippen LogP contribution in [0.15, 0.2) is 12.1 Å². The first-order valence-electron chi connectivity index (χ1n) is 6.89. The standard InChI is InChI=1S/C14H16ClFN2O4S/c1-21-14(20)22-12-6-11(10(16)5-9(12)15)17-13(23)18-4-2-3-8(18)7-19/h5-6,8,19H,2-4,7H2,1H3,(H,17,23)/t8-/m0/s1. The molecule has 0 saturated carbocycles. The highest BCUT2D eigenvalue weighted by molar-refractivity contribution is 7.80. The van der Waals surface area contributed by atoms with Gasteiger partial charge < -0.3 is 24.8 Å². The summed E-state index contributed by atoms with van der Waals surface area (Å²) >= 11 is 11.1. The van der Waals surface area contributed by atoms with E-state index in [1.807, 2.05) is 0 Å². The van der Waals surface area contributed by atoms with Gasteiger partial charge >= 0.3 is 6.16 Å². The molecular weight excluding hydrogens is 347 g/mol. The van der Waals surface area contributed by atoms with Crippen molar-refractivity contribution in [3.05, 3.63) is 23.0 Å². The largest absolute Gasteiger partial charge is 0.513 e. The molecule has 1 aromatic rings. The maximum absolute atomic E-state index is 14.0. The predicted molar refractivity (Wildman–Crippen MR) is 87.5 cm³/mol. The van der Waals surface area contributed by atoms with E-state index >= 15 is 0 Å².